The van der Waals surface area contributed by atoms with Gasteiger partial charge in [0.1, 0.15) is 5.75 Å². The number of thiophene rings is 1. The molecule has 0 spiro atoms. The zero-order valence-corrected chi connectivity index (χ0v) is 12.8. The highest BCUT2D eigenvalue weighted by molar-refractivity contribution is 7.09. The maximum atomic E-state index is 12.2. The van der Waals surface area contributed by atoms with Crippen molar-refractivity contribution < 1.29 is 9.53 Å². The number of ether oxygens (including phenoxy) is 1. The van der Waals surface area contributed by atoms with E-state index in [0.717, 1.165) is 4.88 Å². The van der Waals surface area contributed by atoms with Gasteiger partial charge in [0.2, 0.25) is 0 Å². The van der Waals surface area contributed by atoms with Crippen molar-refractivity contribution in [1.29, 1.82) is 5.26 Å². The summed E-state index contributed by atoms with van der Waals surface area (Å²) in [5.74, 6) is 0.507. The summed E-state index contributed by atoms with van der Waals surface area (Å²) < 4.78 is 5.62. The lowest BCUT2D eigenvalue weighted by molar-refractivity contribution is -0.137. The lowest BCUT2D eigenvalue weighted by Gasteiger charge is -2.21. The molecule has 1 aromatic heterocycles. The van der Waals surface area contributed by atoms with Crippen molar-refractivity contribution in [3.05, 3.63) is 52.2 Å². The molecular weight excluding hydrogens is 284 g/mol. The highest BCUT2D eigenvalue weighted by Gasteiger charge is 2.19. The maximum Gasteiger partial charge on any atom is 0.263 e. The summed E-state index contributed by atoms with van der Waals surface area (Å²) in [6.07, 6.45) is -0.567. The first-order chi connectivity index (χ1) is 10.1. The molecule has 1 aromatic carbocycles. The molecule has 0 aliphatic heterocycles. The molecule has 1 unspecified atom stereocenters. The summed E-state index contributed by atoms with van der Waals surface area (Å²) in [5, 5.41) is 10.7. The van der Waals surface area contributed by atoms with Gasteiger partial charge >= 0.3 is 0 Å². The Balaban J connectivity index is 1.93. The van der Waals surface area contributed by atoms with Crippen LogP contribution in [0, 0.1) is 11.3 Å². The van der Waals surface area contributed by atoms with Crippen LogP contribution in [0.15, 0.2) is 41.8 Å². The number of carbonyl (C=O) groups is 1. The predicted octanol–water partition coefficient (Wildman–Crippen LogP) is 3.05. The highest BCUT2D eigenvalue weighted by atomic mass is 32.1. The average molecular weight is 300 g/mol. The third-order valence-corrected chi connectivity index (χ3v) is 3.85. The van der Waals surface area contributed by atoms with Gasteiger partial charge in [-0.3, -0.25) is 4.79 Å². The fraction of sp³-hybridized carbons (Fsp3) is 0.250. The van der Waals surface area contributed by atoms with Crippen LogP contribution in [0.25, 0.3) is 0 Å². The third kappa shape index (κ3) is 4.07. The molecule has 0 N–H and O–H groups in total. The van der Waals surface area contributed by atoms with E-state index in [1.807, 2.05) is 23.6 Å². The summed E-state index contributed by atoms with van der Waals surface area (Å²) in [6, 6.07) is 12.7. The Kier molecular flexibility index (Phi) is 4.96. The van der Waals surface area contributed by atoms with Gasteiger partial charge < -0.3 is 9.64 Å². The molecule has 0 aliphatic rings. The molecule has 0 aliphatic carbocycles. The van der Waals surface area contributed by atoms with Crippen molar-refractivity contribution in [2.24, 2.45) is 0 Å². The molecule has 1 amide bonds. The van der Waals surface area contributed by atoms with Crippen LogP contribution >= 0.6 is 11.3 Å². The minimum atomic E-state index is -0.567. The predicted molar refractivity (Wildman–Crippen MR) is 82.0 cm³/mol. The molecule has 1 atom stereocenters. The summed E-state index contributed by atoms with van der Waals surface area (Å²) in [4.78, 5) is 15.0. The Bertz CT molecular complexity index is 629. The zero-order valence-electron chi connectivity index (χ0n) is 11.9. The molecule has 0 bridgehead atoms. The van der Waals surface area contributed by atoms with Crippen molar-refractivity contribution in [3.8, 4) is 11.8 Å². The third-order valence-electron chi connectivity index (χ3n) is 2.99. The fourth-order valence-corrected chi connectivity index (χ4v) is 2.64. The second-order valence-corrected chi connectivity index (χ2v) is 5.70. The van der Waals surface area contributed by atoms with Crippen molar-refractivity contribution in [2.75, 3.05) is 7.05 Å². The van der Waals surface area contributed by atoms with Crippen LogP contribution < -0.4 is 4.74 Å². The lowest BCUT2D eigenvalue weighted by Crippen LogP contribution is -2.37. The number of likely N-dealkylation sites (N-methyl/N-ethyl adjacent to an activating group) is 1. The number of carbonyl (C=O) groups excluding carboxylic acids is 1. The van der Waals surface area contributed by atoms with Crippen LogP contribution in [-0.2, 0) is 11.3 Å². The molecule has 21 heavy (non-hydrogen) atoms. The Morgan fingerprint density at radius 3 is 2.67 bits per heavy atom. The van der Waals surface area contributed by atoms with Gasteiger partial charge in [0.05, 0.1) is 18.2 Å². The van der Waals surface area contributed by atoms with Gasteiger partial charge in [-0.1, -0.05) is 6.07 Å². The van der Waals surface area contributed by atoms with Gasteiger partial charge in [-0.25, -0.2) is 0 Å². The molecule has 4 nitrogen and oxygen atoms in total. The van der Waals surface area contributed by atoms with Crippen LogP contribution in [-0.4, -0.2) is 24.0 Å². The molecule has 0 radical (unpaired) electrons. The Labute approximate surface area is 128 Å². The zero-order chi connectivity index (χ0) is 15.2. The van der Waals surface area contributed by atoms with Crippen molar-refractivity contribution in [2.45, 2.75) is 19.6 Å². The molecule has 5 heteroatoms. The van der Waals surface area contributed by atoms with Crippen LogP contribution in [0.2, 0.25) is 0 Å². The van der Waals surface area contributed by atoms with Gasteiger partial charge in [0, 0.05) is 11.9 Å². The van der Waals surface area contributed by atoms with E-state index in [0.29, 0.717) is 17.9 Å². The first-order valence-corrected chi connectivity index (χ1v) is 7.42. The van der Waals surface area contributed by atoms with Gasteiger partial charge in [0.25, 0.3) is 5.91 Å². The van der Waals surface area contributed by atoms with Crippen LogP contribution in [0.5, 0.6) is 5.75 Å². The van der Waals surface area contributed by atoms with E-state index in [2.05, 4.69) is 0 Å². The average Bonchev–Trinajstić information content (AvgIpc) is 3.00. The van der Waals surface area contributed by atoms with Gasteiger partial charge in [-0.05, 0) is 42.6 Å². The number of nitriles is 1. The largest absolute Gasteiger partial charge is 0.481 e. The van der Waals surface area contributed by atoms with E-state index in [4.69, 9.17) is 10.00 Å². The topological polar surface area (TPSA) is 53.3 Å². The smallest absolute Gasteiger partial charge is 0.263 e. The second-order valence-electron chi connectivity index (χ2n) is 4.67. The molecule has 2 rings (SSSR count). The maximum absolute atomic E-state index is 12.2. The number of hydrogen-bond acceptors (Lipinski definition) is 4. The first-order valence-electron chi connectivity index (χ1n) is 6.54. The summed E-state index contributed by atoms with van der Waals surface area (Å²) in [7, 11) is 1.76. The van der Waals surface area contributed by atoms with E-state index >= 15 is 0 Å². The summed E-state index contributed by atoms with van der Waals surface area (Å²) in [5.41, 5.74) is 0.566. The van der Waals surface area contributed by atoms with Crippen molar-refractivity contribution in [3.63, 3.8) is 0 Å². The SMILES string of the molecule is CC(Oc1ccc(C#N)cc1)C(=O)N(C)Cc1cccs1. The van der Waals surface area contributed by atoms with Gasteiger partial charge in [-0.2, -0.15) is 5.26 Å². The van der Waals surface area contributed by atoms with Crippen LogP contribution in [0.1, 0.15) is 17.4 Å². The Morgan fingerprint density at radius 1 is 1.38 bits per heavy atom. The first kappa shape index (κ1) is 15.1. The standard InChI is InChI=1S/C16H16N2O2S/c1-12(20-14-7-5-13(10-17)6-8-14)16(19)18(2)11-15-4-3-9-21-15/h3-9,12H,11H2,1-2H3. The monoisotopic (exact) mass is 300 g/mol. The molecule has 0 saturated heterocycles. The van der Waals surface area contributed by atoms with Gasteiger partial charge in [0.15, 0.2) is 6.10 Å². The fourth-order valence-electron chi connectivity index (χ4n) is 1.89. The van der Waals surface area contributed by atoms with Gasteiger partial charge in [-0.15, -0.1) is 11.3 Å². The highest BCUT2D eigenvalue weighted by Crippen LogP contribution is 2.16. The Morgan fingerprint density at radius 2 is 2.10 bits per heavy atom. The van der Waals surface area contributed by atoms with Crippen molar-refractivity contribution >= 4 is 17.2 Å². The second kappa shape index (κ2) is 6.91. The number of amides is 1. The number of rotatable bonds is 5. The minimum absolute atomic E-state index is 0.0761. The van der Waals surface area contributed by atoms with E-state index in [1.165, 1.54) is 0 Å². The summed E-state index contributed by atoms with van der Waals surface area (Å²) in [6.45, 7) is 2.31. The number of hydrogen-bond donors (Lipinski definition) is 0. The van der Waals surface area contributed by atoms with Crippen molar-refractivity contribution in [1.82, 2.24) is 4.90 Å². The normalized spacial score (nSPS) is 11.5. The van der Waals surface area contributed by atoms with E-state index in [9.17, 15) is 4.79 Å². The molecule has 2 aromatic rings. The van der Waals surface area contributed by atoms with E-state index < -0.39 is 6.10 Å². The quantitative estimate of drug-likeness (QED) is 0.853. The lowest BCUT2D eigenvalue weighted by atomic mass is 10.2. The van der Waals surface area contributed by atoms with Crippen LogP contribution in [0.4, 0.5) is 0 Å². The minimum Gasteiger partial charge on any atom is -0.481 e. The molecule has 1 heterocycles. The molecule has 108 valence electrons. The molecular formula is C16H16N2O2S. The Hall–Kier alpha value is -2.32. The van der Waals surface area contributed by atoms with E-state index in [1.54, 1.807) is 54.5 Å². The van der Waals surface area contributed by atoms with Crippen LogP contribution in [0.3, 0.4) is 0 Å². The molecule has 0 fully saturated rings. The van der Waals surface area contributed by atoms with E-state index in [-0.39, 0.29) is 5.91 Å². The summed E-state index contributed by atoms with van der Waals surface area (Å²) >= 11 is 1.62. The number of nitrogens with zero attached hydrogens (tertiary/aromatic N) is 2. The number of benzene rings is 1. The molecule has 0 saturated carbocycles.